The first-order valence-electron chi connectivity index (χ1n) is 5.47. The van der Waals surface area contributed by atoms with E-state index in [1.807, 2.05) is 18.2 Å². The van der Waals surface area contributed by atoms with E-state index in [2.05, 4.69) is 0 Å². The molecule has 1 aliphatic heterocycles. The first-order chi connectivity index (χ1) is 8.05. The third-order valence-electron chi connectivity index (χ3n) is 3.03. The second-order valence-electron chi connectivity index (χ2n) is 4.23. The molecule has 0 aromatic heterocycles. The molecule has 0 bridgehead atoms. The molecule has 1 saturated heterocycles. The molecule has 1 aromatic carbocycles. The van der Waals surface area contributed by atoms with Gasteiger partial charge in [0.05, 0.1) is 5.92 Å². The van der Waals surface area contributed by atoms with Crippen molar-refractivity contribution in [3.63, 3.8) is 0 Å². The average molecular weight is 240 g/mol. The van der Waals surface area contributed by atoms with Crippen LogP contribution in [0.25, 0.3) is 0 Å². The number of carbonyl (C=O) groups is 1. The van der Waals surface area contributed by atoms with Crippen LogP contribution in [-0.2, 0) is 11.3 Å². The van der Waals surface area contributed by atoms with Crippen molar-refractivity contribution in [2.75, 3.05) is 13.1 Å². The lowest BCUT2D eigenvalue weighted by Crippen LogP contribution is -2.37. The van der Waals surface area contributed by atoms with Gasteiger partial charge in [0.25, 0.3) is 5.91 Å². The molecule has 17 heavy (non-hydrogen) atoms. The largest absolute Gasteiger partial charge is 0.333 e. The van der Waals surface area contributed by atoms with Crippen LogP contribution < -0.4 is 5.73 Å². The van der Waals surface area contributed by atoms with Gasteiger partial charge >= 0.3 is 5.92 Å². The van der Waals surface area contributed by atoms with Crippen molar-refractivity contribution in [1.29, 1.82) is 0 Å². The third-order valence-corrected chi connectivity index (χ3v) is 3.03. The second-order valence-corrected chi connectivity index (χ2v) is 4.23. The highest BCUT2D eigenvalue weighted by molar-refractivity contribution is 5.86. The van der Waals surface area contributed by atoms with Crippen LogP contribution in [0.4, 0.5) is 8.78 Å². The minimum absolute atomic E-state index is 0.0250. The number of alkyl halides is 2. The highest BCUT2D eigenvalue weighted by atomic mass is 19.3. The maximum absolute atomic E-state index is 13.5. The van der Waals surface area contributed by atoms with Gasteiger partial charge in [0.1, 0.15) is 0 Å². The number of rotatable bonds is 3. The Hall–Kier alpha value is -1.49. The summed E-state index contributed by atoms with van der Waals surface area (Å²) >= 11 is 0. The lowest BCUT2D eigenvalue weighted by molar-refractivity contribution is -0.151. The molecule has 1 fully saturated rings. The molecular weight excluding hydrogens is 226 g/mol. The predicted molar refractivity (Wildman–Crippen MR) is 59.4 cm³/mol. The second kappa shape index (κ2) is 4.41. The van der Waals surface area contributed by atoms with Gasteiger partial charge in [0.2, 0.25) is 0 Å². The molecule has 1 unspecified atom stereocenters. The van der Waals surface area contributed by atoms with Crippen LogP contribution in [0.5, 0.6) is 0 Å². The first kappa shape index (κ1) is 12.0. The first-order valence-corrected chi connectivity index (χ1v) is 5.47. The van der Waals surface area contributed by atoms with Crippen LogP contribution >= 0.6 is 0 Å². The fraction of sp³-hybridized carbons (Fsp3) is 0.417. The van der Waals surface area contributed by atoms with Gasteiger partial charge in [0, 0.05) is 19.6 Å². The summed E-state index contributed by atoms with van der Waals surface area (Å²) in [5.41, 5.74) is 6.11. The minimum Gasteiger partial charge on any atom is -0.333 e. The Balaban J connectivity index is 2.12. The molecule has 3 nitrogen and oxygen atoms in total. The number of hydrogen-bond donors (Lipinski definition) is 1. The van der Waals surface area contributed by atoms with Crippen molar-refractivity contribution in [3.8, 4) is 0 Å². The fourth-order valence-electron chi connectivity index (χ4n) is 2.01. The van der Waals surface area contributed by atoms with Gasteiger partial charge in [-0.1, -0.05) is 30.3 Å². The van der Waals surface area contributed by atoms with Crippen LogP contribution in [0.3, 0.4) is 0 Å². The molecule has 0 spiro atoms. The van der Waals surface area contributed by atoms with E-state index >= 15 is 0 Å². The van der Waals surface area contributed by atoms with E-state index in [-0.39, 0.29) is 19.6 Å². The van der Waals surface area contributed by atoms with E-state index in [4.69, 9.17) is 5.73 Å². The summed E-state index contributed by atoms with van der Waals surface area (Å²) in [7, 11) is 0. The zero-order valence-corrected chi connectivity index (χ0v) is 9.27. The molecule has 0 aliphatic carbocycles. The van der Waals surface area contributed by atoms with E-state index in [1.54, 1.807) is 12.1 Å². The number of amides is 1. The SMILES string of the molecule is NCC1CN(Cc2ccccc2)C(=O)C1(F)F. The zero-order valence-electron chi connectivity index (χ0n) is 9.27. The predicted octanol–water partition coefficient (Wildman–Crippen LogP) is 1.24. The van der Waals surface area contributed by atoms with Crippen molar-refractivity contribution in [3.05, 3.63) is 35.9 Å². The minimum atomic E-state index is -3.32. The summed E-state index contributed by atoms with van der Waals surface area (Å²) in [5, 5.41) is 0. The summed E-state index contributed by atoms with van der Waals surface area (Å²) in [6, 6.07) is 9.08. The normalized spacial score (nSPS) is 23.1. The molecular formula is C12H14F2N2O. The Morgan fingerprint density at radius 3 is 2.53 bits per heavy atom. The van der Waals surface area contributed by atoms with E-state index in [1.165, 1.54) is 4.90 Å². The number of carbonyl (C=O) groups excluding carboxylic acids is 1. The molecule has 92 valence electrons. The monoisotopic (exact) mass is 240 g/mol. The molecule has 1 aromatic rings. The van der Waals surface area contributed by atoms with Crippen LogP contribution in [-0.4, -0.2) is 29.8 Å². The van der Waals surface area contributed by atoms with Crippen molar-refractivity contribution in [2.45, 2.75) is 12.5 Å². The van der Waals surface area contributed by atoms with Crippen LogP contribution in [0.1, 0.15) is 5.56 Å². The number of likely N-dealkylation sites (tertiary alicyclic amines) is 1. The Morgan fingerprint density at radius 1 is 1.35 bits per heavy atom. The summed E-state index contributed by atoms with van der Waals surface area (Å²) in [5.74, 6) is -5.50. The molecule has 1 amide bonds. The molecule has 1 aliphatic rings. The zero-order chi connectivity index (χ0) is 12.5. The maximum Gasteiger partial charge on any atom is 0.330 e. The van der Waals surface area contributed by atoms with Crippen LogP contribution in [0, 0.1) is 5.92 Å². The van der Waals surface area contributed by atoms with E-state index in [9.17, 15) is 13.6 Å². The third kappa shape index (κ3) is 2.15. The quantitative estimate of drug-likeness (QED) is 0.864. The molecule has 1 heterocycles. The average Bonchev–Trinajstić information content (AvgIpc) is 2.54. The number of nitrogens with zero attached hydrogens (tertiary/aromatic N) is 1. The summed E-state index contributed by atoms with van der Waals surface area (Å²) in [6.07, 6.45) is 0. The fourth-order valence-corrected chi connectivity index (χ4v) is 2.01. The van der Waals surface area contributed by atoms with Crippen molar-refractivity contribution < 1.29 is 13.6 Å². The van der Waals surface area contributed by atoms with Gasteiger partial charge < -0.3 is 10.6 Å². The van der Waals surface area contributed by atoms with Gasteiger partial charge in [0.15, 0.2) is 0 Å². The number of hydrogen-bond acceptors (Lipinski definition) is 2. The van der Waals surface area contributed by atoms with E-state index in [0.29, 0.717) is 0 Å². The standard InChI is InChI=1S/C12H14F2N2O/c13-12(14)10(6-15)8-16(11(12)17)7-9-4-2-1-3-5-9/h1-5,10H,6-8,15H2. The summed E-state index contributed by atoms with van der Waals surface area (Å²) < 4.78 is 27.0. The number of nitrogens with two attached hydrogens (primary N) is 1. The van der Waals surface area contributed by atoms with Crippen LogP contribution in [0.15, 0.2) is 30.3 Å². The molecule has 0 radical (unpaired) electrons. The van der Waals surface area contributed by atoms with Crippen molar-refractivity contribution in [2.24, 2.45) is 11.7 Å². The summed E-state index contributed by atoms with van der Waals surface area (Å²) in [4.78, 5) is 12.7. The van der Waals surface area contributed by atoms with Gasteiger partial charge in [-0.05, 0) is 5.56 Å². The molecule has 0 saturated carbocycles. The van der Waals surface area contributed by atoms with Gasteiger partial charge in [-0.15, -0.1) is 0 Å². The highest BCUT2D eigenvalue weighted by Gasteiger charge is 2.55. The summed E-state index contributed by atoms with van der Waals surface area (Å²) in [6.45, 7) is 0.0625. The van der Waals surface area contributed by atoms with Gasteiger partial charge in [-0.25, -0.2) is 0 Å². The van der Waals surface area contributed by atoms with E-state index < -0.39 is 17.7 Å². The Morgan fingerprint density at radius 2 is 2.00 bits per heavy atom. The topological polar surface area (TPSA) is 46.3 Å². The van der Waals surface area contributed by atoms with Gasteiger partial charge in [-0.2, -0.15) is 8.78 Å². The van der Waals surface area contributed by atoms with Crippen LogP contribution in [0.2, 0.25) is 0 Å². The van der Waals surface area contributed by atoms with Crippen molar-refractivity contribution >= 4 is 5.91 Å². The maximum atomic E-state index is 13.5. The lowest BCUT2D eigenvalue weighted by atomic mass is 10.1. The van der Waals surface area contributed by atoms with Gasteiger partial charge in [-0.3, -0.25) is 4.79 Å². The number of halogens is 2. The lowest BCUT2D eigenvalue weighted by Gasteiger charge is -2.15. The molecule has 1 atom stereocenters. The molecule has 2 rings (SSSR count). The Bertz CT molecular complexity index is 408. The smallest absolute Gasteiger partial charge is 0.330 e. The Labute approximate surface area is 98.2 Å². The molecule has 5 heteroatoms. The number of benzene rings is 1. The Kier molecular flexibility index (Phi) is 3.11. The molecule has 2 N–H and O–H groups in total. The highest BCUT2D eigenvalue weighted by Crippen LogP contribution is 2.34. The van der Waals surface area contributed by atoms with E-state index in [0.717, 1.165) is 5.56 Å². The van der Waals surface area contributed by atoms with Crippen molar-refractivity contribution in [1.82, 2.24) is 4.90 Å².